The highest BCUT2D eigenvalue weighted by atomic mass is 32.2. The van der Waals surface area contributed by atoms with Gasteiger partial charge in [0.25, 0.3) is 0 Å². The monoisotopic (exact) mass is 671 g/mol. The molecule has 50 heavy (non-hydrogen) atoms. The highest BCUT2D eigenvalue weighted by molar-refractivity contribution is 7.99. The highest BCUT2D eigenvalue weighted by Gasteiger charge is 2.48. The molecule has 9 aromatic rings. The summed E-state index contributed by atoms with van der Waals surface area (Å²) in [5, 5.41) is 5.26. The fraction of sp³-hybridized carbons (Fsp3) is 0.0213. The minimum atomic E-state index is -0.491. The number of benzene rings is 8. The Morgan fingerprint density at radius 3 is 1.86 bits per heavy atom. The molecule has 0 saturated heterocycles. The van der Waals surface area contributed by atoms with E-state index in [1.165, 1.54) is 74.1 Å². The summed E-state index contributed by atoms with van der Waals surface area (Å²) in [5.74, 6) is 0. The Hall–Kier alpha value is -5.61. The van der Waals surface area contributed by atoms with Crippen LogP contribution in [-0.4, -0.2) is 0 Å². The van der Waals surface area contributed by atoms with E-state index in [0.29, 0.717) is 0 Å². The molecule has 0 radical (unpaired) electrons. The lowest BCUT2D eigenvalue weighted by atomic mass is 9.59. The van der Waals surface area contributed by atoms with Crippen LogP contribution >= 0.6 is 23.1 Å². The molecule has 8 aromatic carbocycles. The van der Waals surface area contributed by atoms with Gasteiger partial charge in [-0.2, -0.15) is 0 Å². The lowest BCUT2D eigenvalue weighted by molar-refractivity contribution is 0.707. The van der Waals surface area contributed by atoms with Crippen molar-refractivity contribution in [1.82, 2.24) is 0 Å². The number of hydrogen-bond acceptors (Lipinski definition) is 3. The first-order valence-electron chi connectivity index (χ1n) is 17.1. The summed E-state index contributed by atoms with van der Waals surface area (Å²) in [6, 6.07) is 65.6. The molecule has 0 bridgehead atoms. The van der Waals surface area contributed by atoms with Gasteiger partial charge in [0.15, 0.2) is 0 Å². The van der Waals surface area contributed by atoms with Crippen molar-refractivity contribution in [3.8, 4) is 11.1 Å². The van der Waals surface area contributed by atoms with Gasteiger partial charge in [-0.3, -0.25) is 0 Å². The fourth-order valence-electron chi connectivity index (χ4n) is 8.69. The number of fused-ring (bicyclic) bond motifs is 11. The Bertz CT molecular complexity index is 2760. The van der Waals surface area contributed by atoms with Crippen molar-refractivity contribution in [2.75, 3.05) is 4.90 Å². The molecular formula is C47H29NS2. The molecule has 0 unspecified atom stereocenters. The molecule has 0 fully saturated rings. The smallest absolute Gasteiger partial charge is 0.0736 e. The largest absolute Gasteiger partial charge is 0.310 e. The molecule has 1 nitrogen and oxygen atoms in total. The van der Waals surface area contributed by atoms with Crippen LogP contribution in [0.5, 0.6) is 0 Å². The van der Waals surface area contributed by atoms with Crippen molar-refractivity contribution >= 4 is 71.1 Å². The number of nitrogens with zero attached hydrogens (tertiary/aromatic N) is 1. The molecule has 0 saturated carbocycles. The number of hydrogen-bond donors (Lipinski definition) is 0. The van der Waals surface area contributed by atoms with Crippen LogP contribution in [0.1, 0.15) is 22.3 Å². The minimum absolute atomic E-state index is 0.491. The molecule has 1 spiro atoms. The van der Waals surface area contributed by atoms with Crippen molar-refractivity contribution in [1.29, 1.82) is 0 Å². The maximum Gasteiger partial charge on any atom is 0.0736 e. The van der Waals surface area contributed by atoms with Crippen LogP contribution in [-0.2, 0) is 5.41 Å². The van der Waals surface area contributed by atoms with Gasteiger partial charge in [-0.25, -0.2) is 0 Å². The van der Waals surface area contributed by atoms with Crippen molar-refractivity contribution in [2.45, 2.75) is 15.2 Å². The van der Waals surface area contributed by atoms with Gasteiger partial charge in [-0.1, -0.05) is 133 Å². The van der Waals surface area contributed by atoms with E-state index < -0.39 is 5.41 Å². The Kier molecular flexibility index (Phi) is 6.04. The van der Waals surface area contributed by atoms with E-state index in [1.54, 1.807) is 0 Å². The molecule has 3 heteroatoms. The molecule has 1 aliphatic carbocycles. The van der Waals surface area contributed by atoms with Crippen LogP contribution in [0.4, 0.5) is 17.1 Å². The minimum Gasteiger partial charge on any atom is -0.310 e. The topological polar surface area (TPSA) is 3.24 Å². The summed E-state index contributed by atoms with van der Waals surface area (Å²) < 4.78 is 2.62. The second-order valence-electron chi connectivity index (χ2n) is 13.2. The van der Waals surface area contributed by atoms with Crippen molar-refractivity contribution < 1.29 is 0 Å². The molecule has 1 aliphatic heterocycles. The van der Waals surface area contributed by atoms with Gasteiger partial charge >= 0.3 is 0 Å². The standard InChI is InChI=1S/C47H29NS2/c1-2-14-31(15-3-1)48(33-25-27-36-35-16-4-7-21-42(35)49-45(36)29-33)32-24-26-34-37-17-10-12-30-13-11-20-40(46(30)37)47(41(34)28-32)38-18-5-8-22-43(38)50-44-23-9-6-19-39(44)47/h1-29H. The molecule has 234 valence electrons. The van der Waals surface area contributed by atoms with Crippen LogP contribution in [0.15, 0.2) is 186 Å². The summed E-state index contributed by atoms with van der Waals surface area (Å²) >= 11 is 3.76. The van der Waals surface area contributed by atoms with Gasteiger partial charge in [0.1, 0.15) is 0 Å². The van der Waals surface area contributed by atoms with E-state index in [0.717, 1.165) is 17.1 Å². The summed E-state index contributed by atoms with van der Waals surface area (Å²) in [5.41, 5.74) is 10.9. The number of rotatable bonds is 3. The maximum absolute atomic E-state index is 2.50. The Labute approximate surface area is 299 Å². The molecule has 2 aliphatic rings. The van der Waals surface area contributed by atoms with Crippen LogP contribution < -0.4 is 4.90 Å². The maximum atomic E-state index is 2.50. The average Bonchev–Trinajstić information content (AvgIpc) is 3.55. The molecule has 0 amide bonds. The van der Waals surface area contributed by atoms with Gasteiger partial charge in [0, 0.05) is 47.0 Å². The third-order valence-corrected chi connectivity index (χ3v) is 13.0. The Morgan fingerprint density at radius 2 is 1.04 bits per heavy atom. The van der Waals surface area contributed by atoms with Gasteiger partial charge in [0.2, 0.25) is 0 Å². The van der Waals surface area contributed by atoms with Crippen LogP contribution in [0, 0.1) is 0 Å². The molecule has 0 N–H and O–H groups in total. The first kappa shape index (κ1) is 28.3. The van der Waals surface area contributed by atoms with Crippen molar-refractivity contribution in [2.24, 2.45) is 0 Å². The van der Waals surface area contributed by atoms with Crippen LogP contribution in [0.3, 0.4) is 0 Å². The van der Waals surface area contributed by atoms with E-state index in [4.69, 9.17) is 0 Å². The highest BCUT2D eigenvalue weighted by Crippen LogP contribution is 2.61. The van der Waals surface area contributed by atoms with E-state index >= 15 is 0 Å². The molecule has 2 heterocycles. The van der Waals surface area contributed by atoms with Gasteiger partial charge in [-0.15, -0.1) is 11.3 Å². The summed E-state index contributed by atoms with van der Waals surface area (Å²) in [6.45, 7) is 0. The zero-order valence-electron chi connectivity index (χ0n) is 27.0. The summed E-state index contributed by atoms with van der Waals surface area (Å²) in [6.07, 6.45) is 0. The molecular weight excluding hydrogens is 643 g/mol. The Balaban J connectivity index is 1.24. The molecule has 11 rings (SSSR count). The zero-order valence-corrected chi connectivity index (χ0v) is 28.6. The van der Waals surface area contributed by atoms with Crippen molar-refractivity contribution in [3.05, 3.63) is 198 Å². The summed E-state index contributed by atoms with van der Waals surface area (Å²) in [4.78, 5) is 5.07. The van der Waals surface area contributed by atoms with E-state index in [1.807, 2.05) is 23.1 Å². The quantitative estimate of drug-likeness (QED) is 0.184. The Morgan fingerprint density at radius 1 is 0.400 bits per heavy atom. The van der Waals surface area contributed by atoms with E-state index in [2.05, 4.69) is 181 Å². The van der Waals surface area contributed by atoms with Crippen molar-refractivity contribution in [3.63, 3.8) is 0 Å². The fourth-order valence-corrected chi connectivity index (χ4v) is 11.0. The number of anilines is 3. The van der Waals surface area contributed by atoms with Gasteiger partial charge in [-0.05, 0) is 98.8 Å². The summed E-state index contributed by atoms with van der Waals surface area (Å²) in [7, 11) is 0. The third-order valence-electron chi connectivity index (χ3n) is 10.7. The van der Waals surface area contributed by atoms with Crippen LogP contribution in [0.2, 0.25) is 0 Å². The predicted octanol–water partition coefficient (Wildman–Crippen LogP) is 13.5. The lowest BCUT2D eigenvalue weighted by Crippen LogP contribution is -2.36. The second-order valence-corrected chi connectivity index (χ2v) is 15.4. The van der Waals surface area contributed by atoms with Gasteiger partial charge in [0.05, 0.1) is 5.41 Å². The third kappa shape index (κ3) is 3.85. The number of para-hydroxylation sites is 1. The average molecular weight is 672 g/mol. The second kappa shape index (κ2) is 10.7. The van der Waals surface area contributed by atoms with E-state index in [-0.39, 0.29) is 0 Å². The zero-order chi connectivity index (χ0) is 32.8. The first-order chi connectivity index (χ1) is 24.8. The number of thiophene rings is 1. The molecule has 0 atom stereocenters. The van der Waals surface area contributed by atoms with Crippen LogP contribution in [0.25, 0.3) is 42.1 Å². The predicted molar refractivity (Wildman–Crippen MR) is 213 cm³/mol. The molecule has 1 aromatic heterocycles. The van der Waals surface area contributed by atoms with E-state index in [9.17, 15) is 0 Å². The normalized spacial score (nSPS) is 13.7. The lowest BCUT2D eigenvalue weighted by Gasteiger charge is -2.46. The SMILES string of the molecule is c1ccc(N(c2ccc3c(c2)C2(c4ccccc4Sc4ccccc42)c2cccc4cccc-3c24)c2ccc3c(c2)sc2ccccc23)cc1. The first-order valence-corrected chi connectivity index (χ1v) is 18.7. The van der Waals surface area contributed by atoms with Gasteiger partial charge < -0.3 is 4.90 Å².